The number of thiazole rings is 1. The lowest BCUT2D eigenvalue weighted by molar-refractivity contribution is -0.131. The van der Waals surface area contributed by atoms with Gasteiger partial charge in [-0.2, -0.15) is 0 Å². The summed E-state index contributed by atoms with van der Waals surface area (Å²) in [5.41, 5.74) is 0.857. The van der Waals surface area contributed by atoms with Crippen LogP contribution >= 0.6 is 11.3 Å². The molecule has 1 aromatic heterocycles. The average Bonchev–Trinajstić information content (AvgIpc) is 3.29. The van der Waals surface area contributed by atoms with Crippen molar-refractivity contribution in [2.75, 3.05) is 20.2 Å². The smallest absolute Gasteiger partial charge is 0.237 e. The van der Waals surface area contributed by atoms with Gasteiger partial charge in [-0.3, -0.25) is 10.1 Å². The van der Waals surface area contributed by atoms with E-state index >= 15 is 0 Å². The predicted octanol–water partition coefficient (Wildman–Crippen LogP) is 3.65. The van der Waals surface area contributed by atoms with Crippen molar-refractivity contribution in [2.45, 2.75) is 45.2 Å². The van der Waals surface area contributed by atoms with Gasteiger partial charge in [0.05, 0.1) is 25.2 Å². The zero-order valence-electron chi connectivity index (χ0n) is 15.9. The van der Waals surface area contributed by atoms with Crippen LogP contribution in [0.2, 0.25) is 0 Å². The van der Waals surface area contributed by atoms with E-state index in [1.54, 1.807) is 18.4 Å². The molecule has 1 aliphatic heterocycles. The van der Waals surface area contributed by atoms with Gasteiger partial charge in [-0.15, -0.1) is 11.3 Å². The molecule has 0 saturated carbocycles. The van der Waals surface area contributed by atoms with Gasteiger partial charge in [0, 0.05) is 17.6 Å². The summed E-state index contributed by atoms with van der Waals surface area (Å²) in [7, 11) is 1.66. The summed E-state index contributed by atoms with van der Waals surface area (Å²) in [4.78, 5) is 20.5. The summed E-state index contributed by atoms with van der Waals surface area (Å²) in [6, 6.07) is 8.20. The third kappa shape index (κ3) is 4.07. The third-order valence-corrected chi connectivity index (χ3v) is 6.15. The van der Waals surface area contributed by atoms with Crippen molar-refractivity contribution in [2.24, 2.45) is 0 Å². The molecule has 1 unspecified atom stereocenters. The van der Waals surface area contributed by atoms with Crippen LogP contribution in [0.5, 0.6) is 5.75 Å². The molecule has 0 spiro atoms. The zero-order chi connectivity index (χ0) is 18.7. The lowest BCUT2D eigenvalue weighted by Crippen LogP contribution is -2.44. The van der Waals surface area contributed by atoms with E-state index in [1.165, 1.54) is 10.4 Å². The molecule has 1 atom stereocenters. The van der Waals surface area contributed by atoms with Crippen molar-refractivity contribution in [3.63, 3.8) is 0 Å². The van der Waals surface area contributed by atoms with E-state index in [-0.39, 0.29) is 17.5 Å². The summed E-state index contributed by atoms with van der Waals surface area (Å²) in [5, 5.41) is 4.40. The van der Waals surface area contributed by atoms with E-state index in [4.69, 9.17) is 4.74 Å². The molecule has 1 N–H and O–H groups in total. The van der Waals surface area contributed by atoms with E-state index in [9.17, 15) is 4.79 Å². The molecule has 0 radical (unpaired) electrons. The molecule has 0 aliphatic carbocycles. The van der Waals surface area contributed by atoms with Crippen LogP contribution in [0.25, 0.3) is 0 Å². The highest BCUT2D eigenvalue weighted by Gasteiger charge is 2.31. The Balaban J connectivity index is 1.64. The van der Waals surface area contributed by atoms with Crippen LogP contribution < -0.4 is 10.1 Å². The van der Waals surface area contributed by atoms with Crippen molar-refractivity contribution in [1.82, 2.24) is 15.2 Å². The van der Waals surface area contributed by atoms with Gasteiger partial charge in [0.2, 0.25) is 5.91 Å². The zero-order valence-corrected chi connectivity index (χ0v) is 16.7. The third-order valence-electron chi connectivity index (χ3n) is 4.91. The second-order valence-electron chi connectivity index (χ2n) is 7.27. The molecule has 26 heavy (non-hydrogen) atoms. The van der Waals surface area contributed by atoms with E-state index in [0.717, 1.165) is 30.1 Å². The van der Waals surface area contributed by atoms with Crippen LogP contribution in [0.15, 0.2) is 30.5 Å². The molecular formula is C20H27N3O2S. The Morgan fingerprint density at radius 1 is 1.38 bits per heavy atom. The average molecular weight is 374 g/mol. The quantitative estimate of drug-likeness (QED) is 0.840. The first-order chi connectivity index (χ1) is 12.4. The van der Waals surface area contributed by atoms with Crippen molar-refractivity contribution in [1.29, 1.82) is 0 Å². The van der Waals surface area contributed by atoms with Gasteiger partial charge >= 0.3 is 0 Å². The maximum Gasteiger partial charge on any atom is 0.237 e. The SMILES string of the molecule is COc1ccc(C2CCCN2C(=O)CNC(C)(C)c2ncc(C)s2)cc1. The van der Waals surface area contributed by atoms with Gasteiger partial charge in [-0.1, -0.05) is 12.1 Å². The van der Waals surface area contributed by atoms with Crippen molar-refractivity contribution >= 4 is 17.2 Å². The molecular weight excluding hydrogens is 346 g/mol. The topological polar surface area (TPSA) is 54.5 Å². The number of hydrogen-bond donors (Lipinski definition) is 1. The number of nitrogens with zero attached hydrogens (tertiary/aromatic N) is 2. The van der Waals surface area contributed by atoms with Crippen LogP contribution in [-0.4, -0.2) is 36.0 Å². The number of rotatable bonds is 6. The minimum absolute atomic E-state index is 0.143. The first-order valence-electron chi connectivity index (χ1n) is 9.02. The number of hydrogen-bond acceptors (Lipinski definition) is 5. The Morgan fingerprint density at radius 3 is 2.73 bits per heavy atom. The van der Waals surface area contributed by atoms with Crippen LogP contribution in [0.3, 0.4) is 0 Å². The van der Waals surface area contributed by atoms with Crippen LogP contribution in [0, 0.1) is 6.92 Å². The molecule has 5 nitrogen and oxygen atoms in total. The standard InChI is InChI=1S/C20H27N3O2S/c1-14-12-21-19(26-14)20(2,3)22-13-18(24)23-11-5-6-17(23)15-7-9-16(25-4)10-8-15/h7-10,12,17,22H,5-6,11,13H2,1-4H3. The normalized spacial score (nSPS) is 17.5. The molecule has 1 amide bonds. The van der Waals surface area contributed by atoms with E-state index in [1.807, 2.05) is 30.2 Å². The van der Waals surface area contributed by atoms with Gasteiger partial charge in [-0.25, -0.2) is 4.98 Å². The number of carbonyl (C=O) groups excluding carboxylic acids is 1. The lowest BCUT2D eigenvalue weighted by Gasteiger charge is -2.28. The van der Waals surface area contributed by atoms with E-state index in [0.29, 0.717) is 6.54 Å². The Labute approximate surface area is 159 Å². The molecule has 2 heterocycles. The Morgan fingerprint density at radius 2 is 2.12 bits per heavy atom. The van der Waals surface area contributed by atoms with Gasteiger partial charge in [0.1, 0.15) is 10.8 Å². The summed E-state index contributed by atoms with van der Waals surface area (Å²) in [6.07, 6.45) is 3.93. The molecule has 2 aromatic rings. The van der Waals surface area contributed by atoms with Crippen molar-refractivity contribution in [3.05, 3.63) is 45.9 Å². The van der Waals surface area contributed by atoms with E-state index < -0.39 is 0 Å². The number of methoxy groups -OCH3 is 1. The molecule has 1 aliphatic rings. The number of benzene rings is 1. The lowest BCUT2D eigenvalue weighted by atomic mass is 10.0. The molecule has 0 bridgehead atoms. The number of aromatic nitrogens is 1. The highest BCUT2D eigenvalue weighted by atomic mass is 32.1. The van der Waals surface area contributed by atoms with Gasteiger partial charge < -0.3 is 9.64 Å². The minimum Gasteiger partial charge on any atom is -0.497 e. The number of likely N-dealkylation sites (tertiary alicyclic amines) is 1. The van der Waals surface area contributed by atoms with Crippen LogP contribution in [0.1, 0.15) is 48.2 Å². The fraction of sp³-hybridized carbons (Fsp3) is 0.500. The number of amides is 1. The second-order valence-corrected chi connectivity index (χ2v) is 8.51. The predicted molar refractivity (Wildman–Crippen MR) is 105 cm³/mol. The molecule has 1 fully saturated rings. The fourth-order valence-corrected chi connectivity index (χ4v) is 4.20. The highest BCUT2D eigenvalue weighted by molar-refractivity contribution is 7.11. The fourth-order valence-electron chi connectivity index (χ4n) is 3.36. The summed E-state index contributed by atoms with van der Waals surface area (Å²) in [5.74, 6) is 0.983. The first kappa shape index (κ1) is 18.9. The van der Waals surface area contributed by atoms with Crippen LogP contribution in [-0.2, 0) is 10.3 Å². The number of carbonyl (C=O) groups is 1. The highest BCUT2D eigenvalue weighted by Crippen LogP contribution is 2.33. The maximum atomic E-state index is 12.9. The van der Waals surface area contributed by atoms with Gasteiger partial charge in [0.15, 0.2) is 0 Å². The van der Waals surface area contributed by atoms with E-state index in [2.05, 4.69) is 36.3 Å². The summed E-state index contributed by atoms with van der Waals surface area (Å²) >= 11 is 1.67. The number of ether oxygens (including phenoxy) is 1. The largest absolute Gasteiger partial charge is 0.497 e. The van der Waals surface area contributed by atoms with Crippen molar-refractivity contribution in [3.8, 4) is 5.75 Å². The molecule has 6 heteroatoms. The molecule has 140 valence electrons. The maximum absolute atomic E-state index is 12.9. The summed E-state index contributed by atoms with van der Waals surface area (Å²) in [6.45, 7) is 7.32. The summed E-state index contributed by atoms with van der Waals surface area (Å²) < 4.78 is 5.23. The van der Waals surface area contributed by atoms with Crippen LogP contribution in [0.4, 0.5) is 0 Å². The number of aryl methyl sites for hydroxylation is 1. The monoisotopic (exact) mass is 373 g/mol. The van der Waals surface area contributed by atoms with Gasteiger partial charge in [0.25, 0.3) is 0 Å². The molecule has 1 aromatic carbocycles. The Kier molecular flexibility index (Phi) is 5.63. The molecule has 1 saturated heterocycles. The minimum atomic E-state index is -0.316. The van der Waals surface area contributed by atoms with Gasteiger partial charge in [-0.05, 0) is 51.3 Å². The second kappa shape index (κ2) is 7.76. The van der Waals surface area contributed by atoms with Crippen molar-refractivity contribution < 1.29 is 9.53 Å². The molecule has 3 rings (SSSR count). The Hall–Kier alpha value is -1.92. The first-order valence-corrected chi connectivity index (χ1v) is 9.84. The Bertz CT molecular complexity index is 755. The number of nitrogens with one attached hydrogen (secondary N) is 1.